The minimum atomic E-state index is -0.0336. The van der Waals surface area contributed by atoms with Crippen LogP contribution in [0.3, 0.4) is 0 Å². The largest absolute Gasteiger partial charge is 0.383 e. The lowest BCUT2D eigenvalue weighted by atomic mass is 9.95. The Hall–Kier alpha value is -1.00. The van der Waals surface area contributed by atoms with E-state index >= 15 is 0 Å². The number of nitrogens with zero attached hydrogens (tertiary/aromatic N) is 2. The monoisotopic (exact) mass is 367 g/mol. The minimum absolute atomic E-state index is 0.0336. The number of hydrogen-bond donors (Lipinski definition) is 1. The van der Waals surface area contributed by atoms with Crippen LogP contribution >= 0.6 is 27.5 Å². The van der Waals surface area contributed by atoms with Gasteiger partial charge in [-0.2, -0.15) is 0 Å². The molecule has 21 heavy (non-hydrogen) atoms. The summed E-state index contributed by atoms with van der Waals surface area (Å²) in [6.45, 7) is 6.52. The maximum atomic E-state index is 6.41. The van der Waals surface area contributed by atoms with E-state index in [1.807, 2.05) is 18.2 Å². The molecular formula is C16H19BrClN3. The summed E-state index contributed by atoms with van der Waals surface area (Å²) in [5, 5.41) is 0.671. The van der Waals surface area contributed by atoms with Gasteiger partial charge in [-0.25, -0.2) is 4.98 Å². The molecule has 2 aromatic rings. The maximum absolute atomic E-state index is 6.41. The number of rotatable bonds is 2. The highest BCUT2D eigenvalue weighted by Gasteiger charge is 2.34. The first-order valence-electron chi connectivity index (χ1n) is 7.12. The standard InChI is InChI=1S/C16H19BrClN3/c1-16(2,3)15-20-13(14(19)21(15)10-5-6-10)9-4-7-11(17)12(18)8-9/h4,7-8,10H,5-6,19H2,1-3H3. The molecule has 0 amide bonds. The number of imidazole rings is 1. The average molecular weight is 369 g/mol. The molecule has 1 saturated carbocycles. The van der Waals surface area contributed by atoms with Crippen molar-refractivity contribution < 1.29 is 0 Å². The van der Waals surface area contributed by atoms with Gasteiger partial charge in [0.05, 0.1) is 5.02 Å². The lowest BCUT2D eigenvalue weighted by Gasteiger charge is -2.20. The third kappa shape index (κ3) is 2.71. The predicted molar refractivity (Wildman–Crippen MR) is 91.8 cm³/mol. The van der Waals surface area contributed by atoms with Gasteiger partial charge in [0, 0.05) is 21.5 Å². The second-order valence-electron chi connectivity index (χ2n) is 6.65. The Morgan fingerprint density at radius 1 is 1.33 bits per heavy atom. The first kappa shape index (κ1) is 14.9. The van der Waals surface area contributed by atoms with Crippen LogP contribution in [-0.2, 0) is 5.41 Å². The number of benzene rings is 1. The van der Waals surface area contributed by atoms with E-state index in [1.54, 1.807) is 0 Å². The minimum Gasteiger partial charge on any atom is -0.383 e. The van der Waals surface area contributed by atoms with E-state index in [9.17, 15) is 0 Å². The molecule has 112 valence electrons. The topological polar surface area (TPSA) is 43.8 Å². The zero-order valence-corrected chi connectivity index (χ0v) is 14.8. The fourth-order valence-corrected chi connectivity index (χ4v) is 2.96. The van der Waals surface area contributed by atoms with Crippen molar-refractivity contribution in [1.82, 2.24) is 9.55 Å². The maximum Gasteiger partial charge on any atom is 0.132 e. The highest BCUT2D eigenvalue weighted by molar-refractivity contribution is 9.10. The Labute approximate surface area is 138 Å². The number of nitrogens with two attached hydrogens (primary N) is 1. The van der Waals surface area contributed by atoms with Gasteiger partial charge >= 0.3 is 0 Å². The predicted octanol–water partition coefficient (Wildman–Crippen LogP) is 5.18. The molecule has 2 N–H and O–H groups in total. The van der Waals surface area contributed by atoms with Crippen molar-refractivity contribution in [2.75, 3.05) is 5.73 Å². The summed E-state index contributed by atoms with van der Waals surface area (Å²) in [5.74, 6) is 1.80. The van der Waals surface area contributed by atoms with E-state index in [0.717, 1.165) is 27.4 Å². The van der Waals surface area contributed by atoms with Gasteiger partial charge in [-0.15, -0.1) is 0 Å². The molecule has 0 spiro atoms. The first-order chi connectivity index (χ1) is 9.79. The molecule has 1 heterocycles. The fourth-order valence-electron chi connectivity index (χ4n) is 2.53. The molecule has 0 radical (unpaired) electrons. The Bertz CT molecular complexity index is 696. The lowest BCUT2D eigenvalue weighted by Crippen LogP contribution is -2.19. The van der Waals surface area contributed by atoms with Crippen molar-refractivity contribution in [3.8, 4) is 11.3 Å². The van der Waals surface area contributed by atoms with E-state index in [1.165, 1.54) is 12.8 Å². The van der Waals surface area contributed by atoms with E-state index in [-0.39, 0.29) is 5.41 Å². The molecule has 1 aliphatic rings. The molecule has 0 unspecified atom stereocenters. The second-order valence-corrected chi connectivity index (χ2v) is 7.91. The van der Waals surface area contributed by atoms with E-state index in [2.05, 4.69) is 41.3 Å². The lowest BCUT2D eigenvalue weighted by molar-refractivity contribution is 0.504. The molecule has 1 fully saturated rings. The zero-order chi connectivity index (χ0) is 15.4. The number of halogens is 2. The third-order valence-corrected chi connectivity index (χ3v) is 4.96. The quantitative estimate of drug-likeness (QED) is 0.793. The van der Waals surface area contributed by atoms with Crippen LogP contribution in [0.5, 0.6) is 0 Å². The Kier molecular flexibility index (Phi) is 3.57. The smallest absolute Gasteiger partial charge is 0.132 e. The van der Waals surface area contributed by atoms with Gasteiger partial charge in [0.15, 0.2) is 0 Å². The molecule has 5 heteroatoms. The summed E-state index contributed by atoms with van der Waals surface area (Å²) >= 11 is 9.62. The van der Waals surface area contributed by atoms with Crippen LogP contribution in [0.1, 0.15) is 45.5 Å². The van der Waals surface area contributed by atoms with Crippen molar-refractivity contribution in [2.24, 2.45) is 0 Å². The van der Waals surface area contributed by atoms with Crippen LogP contribution in [0, 0.1) is 0 Å². The van der Waals surface area contributed by atoms with E-state index < -0.39 is 0 Å². The van der Waals surface area contributed by atoms with Gasteiger partial charge in [-0.3, -0.25) is 0 Å². The third-order valence-electron chi connectivity index (χ3n) is 3.72. The highest BCUT2D eigenvalue weighted by atomic mass is 79.9. The van der Waals surface area contributed by atoms with Gasteiger partial charge in [-0.05, 0) is 40.9 Å². The Balaban J connectivity index is 2.17. The van der Waals surface area contributed by atoms with Crippen LogP contribution in [0.15, 0.2) is 22.7 Å². The summed E-state index contributed by atoms with van der Waals surface area (Å²) in [5.41, 5.74) is 8.17. The van der Waals surface area contributed by atoms with Gasteiger partial charge in [-0.1, -0.05) is 38.4 Å². The average Bonchev–Trinajstić information content (AvgIpc) is 3.15. The molecule has 3 nitrogen and oxygen atoms in total. The van der Waals surface area contributed by atoms with Gasteiger partial charge in [0.2, 0.25) is 0 Å². The van der Waals surface area contributed by atoms with Crippen LogP contribution in [0.4, 0.5) is 5.82 Å². The summed E-state index contributed by atoms with van der Waals surface area (Å²) < 4.78 is 3.09. The van der Waals surface area contributed by atoms with Crippen LogP contribution in [0.2, 0.25) is 5.02 Å². The van der Waals surface area contributed by atoms with Crippen LogP contribution in [-0.4, -0.2) is 9.55 Å². The van der Waals surface area contributed by atoms with Crippen molar-refractivity contribution in [1.29, 1.82) is 0 Å². The fraction of sp³-hybridized carbons (Fsp3) is 0.438. The Morgan fingerprint density at radius 2 is 2.00 bits per heavy atom. The molecule has 0 atom stereocenters. The molecule has 0 aliphatic heterocycles. The first-order valence-corrected chi connectivity index (χ1v) is 8.29. The van der Waals surface area contributed by atoms with Gasteiger partial charge in [0.1, 0.15) is 17.3 Å². The molecule has 1 aliphatic carbocycles. The van der Waals surface area contributed by atoms with E-state index in [4.69, 9.17) is 22.3 Å². The number of aromatic nitrogens is 2. The van der Waals surface area contributed by atoms with Gasteiger partial charge < -0.3 is 10.3 Å². The van der Waals surface area contributed by atoms with Crippen molar-refractivity contribution in [3.63, 3.8) is 0 Å². The molecule has 0 bridgehead atoms. The molecule has 3 rings (SSSR count). The summed E-state index contributed by atoms with van der Waals surface area (Å²) in [6.07, 6.45) is 2.37. The number of nitrogen functional groups attached to an aromatic ring is 1. The summed E-state index contributed by atoms with van der Waals surface area (Å²) in [7, 11) is 0. The van der Waals surface area contributed by atoms with Crippen molar-refractivity contribution in [2.45, 2.75) is 45.1 Å². The zero-order valence-electron chi connectivity index (χ0n) is 12.5. The summed E-state index contributed by atoms with van der Waals surface area (Å²) in [6, 6.07) is 6.35. The summed E-state index contributed by atoms with van der Waals surface area (Å²) in [4.78, 5) is 4.85. The number of hydrogen-bond acceptors (Lipinski definition) is 2. The molecule has 1 aromatic heterocycles. The molecule has 0 saturated heterocycles. The van der Waals surface area contributed by atoms with Crippen LogP contribution < -0.4 is 5.73 Å². The second kappa shape index (κ2) is 5.03. The van der Waals surface area contributed by atoms with Crippen molar-refractivity contribution >= 4 is 33.3 Å². The van der Waals surface area contributed by atoms with Crippen molar-refractivity contribution in [3.05, 3.63) is 33.5 Å². The van der Waals surface area contributed by atoms with Crippen LogP contribution in [0.25, 0.3) is 11.3 Å². The SMILES string of the molecule is CC(C)(C)c1nc(-c2ccc(Br)c(Cl)c2)c(N)n1C1CC1. The van der Waals surface area contributed by atoms with Gasteiger partial charge in [0.25, 0.3) is 0 Å². The Morgan fingerprint density at radius 3 is 2.52 bits per heavy atom. The normalized spacial score (nSPS) is 15.5. The van der Waals surface area contributed by atoms with E-state index in [0.29, 0.717) is 11.1 Å². The number of anilines is 1. The molecular weight excluding hydrogens is 350 g/mol. The molecule has 1 aromatic carbocycles. The highest BCUT2D eigenvalue weighted by Crippen LogP contribution is 2.43.